The van der Waals surface area contributed by atoms with Gasteiger partial charge in [-0.3, -0.25) is 0 Å². The largest absolute Gasteiger partial charge is 0.370 e. The predicted molar refractivity (Wildman–Crippen MR) is 62.1 cm³/mol. The molecule has 4 heteroatoms. The van der Waals surface area contributed by atoms with Crippen LogP contribution in [0, 0.1) is 0 Å². The molecule has 15 heavy (non-hydrogen) atoms. The van der Waals surface area contributed by atoms with Gasteiger partial charge >= 0.3 is 0 Å². The first-order chi connectivity index (χ1) is 7.36. The predicted octanol–water partition coefficient (Wildman–Crippen LogP) is 2.36. The van der Waals surface area contributed by atoms with Crippen molar-refractivity contribution in [1.29, 1.82) is 0 Å². The standard InChI is InChI=1S/C11H18N2OS/c1-9(11-13-6-7-15-11)14-8-10-4-2-3-5-12-10/h6-7,9-10,12H,2-5,8H2,1H3/t9-,10+/m1/s1. The molecule has 1 fully saturated rings. The van der Waals surface area contributed by atoms with Crippen molar-refractivity contribution in [2.75, 3.05) is 13.2 Å². The summed E-state index contributed by atoms with van der Waals surface area (Å²) in [4.78, 5) is 4.25. The summed E-state index contributed by atoms with van der Waals surface area (Å²) in [6.45, 7) is 4.02. The zero-order valence-corrected chi connectivity index (χ0v) is 9.93. The van der Waals surface area contributed by atoms with Gasteiger partial charge in [-0.2, -0.15) is 0 Å². The van der Waals surface area contributed by atoms with Gasteiger partial charge in [0.05, 0.1) is 6.61 Å². The molecule has 1 saturated heterocycles. The van der Waals surface area contributed by atoms with E-state index < -0.39 is 0 Å². The van der Waals surface area contributed by atoms with E-state index in [1.165, 1.54) is 19.3 Å². The van der Waals surface area contributed by atoms with Crippen LogP contribution in [-0.4, -0.2) is 24.2 Å². The topological polar surface area (TPSA) is 34.1 Å². The Morgan fingerprint density at radius 2 is 2.60 bits per heavy atom. The molecule has 0 saturated carbocycles. The lowest BCUT2D eigenvalue weighted by Gasteiger charge is -2.24. The average Bonchev–Trinajstić information content (AvgIpc) is 2.81. The number of thiazole rings is 1. The van der Waals surface area contributed by atoms with Gasteiger partial charge in [0.25, 0.3) is 0 Å². The fourth-order valence-electron chi connectivity index (χ4n) is 1.83. The highest BCUT2D eigenvalue weighted by Gasteiger charge is 2.15. The van der Waals surface area contributed by atoms with E-state index in [0.717, 1.165) is 18.2 Å². The fourth-order valence-corrected chi connectivity index (χ4v) is 2.48. The van der Waals surface area contributed by atoms with Crippen LogP contribution in [0.15, 0.2) is 11.6 Å². The lowest BCUT2D eigenvalue weighted by atomic mass is 10.1. The summed E-state index contributed by atoms with van der Waals surface area (Å²) in [5.41, 5.74) is 0. The van der Waals surface area contributed by atoms with Crippen molar-refractivity contribution in [1.82, 2.24) is 10.3 Å². The van der Waals surface area contributed by atoms with Crippen LogP contribution >= 0.6 is 11.3 Å². The van der Waals surface area contributed by atoms with Crippen LogP contribution in [0.5, 0.6) is 0 Å². The summed E-state index contributed by atoms with van der Waals surface area (Å²) in [6.07, 6.45) is 5.84. The van der Waals surface area contributed by atoms with Crippen LogP contribution in [0.2, 0.25) is 0 Å². The zero-order valence-electron chi connectivity index (χ0n) is 9.11. The lowest BCUT2D eigenvalue weighted by molar-refractivity contribution is 0.0439. The number of piperidine rings is 1. The molecule has 1 aromatic heterocycles. The van der Waals surface area contributed by atoms with Crippen molar-refractivity contribution in [3.8, 4) is 0 Å². The molecule has 0 unspecified atom stereocenters. The maximum atomic E-state index is 5.81. The quantitative estimate of drug-likeness (QED) is 0.856. The monoisotopic (exact) mass is 226 g/mol. The third-order valence-corrected chi connectivity index (χ3v) is 3.70. The van der Waals surface area contributed by atoms with Gasteiger partial charge in [0.15, 0.2) is 0 Å². The zero-order chi connectivity index (χ0) is 10.5. The molecule has 0 amide bonds. The fraction of sp³-hybridized carbons (Fsp3) is 0.727. The van der Waals surface area contributed by atoms with Crippen LogP contribution in [0.3, 0.4) is 0 Å². The third kappa shape index (κ3) is 3.26. The van der Waals surface area contributed by atoms with Gasteiger partial charge in [0.1, 0.15) is 11.1 Å². The molecule has 1 N–H and O–H groups in total. The van der Waals surface area contributed by atoms with E-state index in [1.807, 2.05) is 11.6 Å². The Morgan fingerprint density at radius 1 is 1.67 bits per heavy atom. The van der Waals surface area contributed by atoms with Crippen LogP contribution in [-0.2, 0) is 4.74 Å². The Hall–Kier alpha value is -0.450. The molecular formula is C11H18N2OS. The summed E-state index contributed by atoms with van der Waals surface area (Å²) in [5.74, 6) is 0. The lowest BCUT2D eigenvalue weighted by Crippen LogP contribution is -2.37. The second-order valence-corrected chi connectivity index (χ2v) is 4.92. The van der Waals surface area contributed by atoms with Gasteiger partial charge in [-0.15, -0.1) is 11.3 Å². The highest BCUT2D eigenvalue weighted by molar-refractivity contribution is 7.09. The molecule has 3 nitrogen and oxygen atoms in total. The molecule has 0 aliphatic carbocycles. The highest BCUT2D eigenvalue weighted by atomic mass is 32.1. The van der Waals surface area contributed by atoms with E-state index >= 15 is 0 Å². The molecule has 0 radical (unpaired) electrons. The maximum Gasteiger partial charge on any atom is 0.121 e. The number of nitrogens with one attached hydrogen (secondary N) is 1. The average molecular weight is 226 g/mol. The molecular weight excluding hydrogens is 208 g/mol. The summed E-state index contributed by atoms with van der Waals surface area (Å²) >= 11 is 1.66. The van der Waals surface area contributed by atoms with E-state index in [9.17, 15) is 0 Å². The number of hydrogen-bond acceptors (Lipinski definition) is 4. The number of hydrogen-bond donors (Lipinski definition) is 1. The van der Waals surface area contributed by atoms with Crippen LogP contribution < -0.4 is 5.32 Å². The minimum atomic E-state index is 0.133. The summed E-state index contributed by atoms with van der Waals surface area (Å²) in [6, 6.07) is 0.543. The van der Waals surface area contributed by atoms with Crippen LogP contribution in [0.4, 0.5) is 0 Å². The number of ether oxygens (including phenoxy) is 1. The Labute approximate surface area is 94.9 Å². The molecule has 2 rings (SSSR count). The first-order valence-electron chi connectivity index (χ1n) is 5.60. The van der Waals surface area contributed by atoms with Crippen molar-refractivity contribution in [3.05, 3.63) is 16.6 Å². The second-order valence-electron chi connectivity index (χ2n) is 3.99. The van der Waals surface area contributed by atoms with Crippen molar-refractivity contribution in [3.63, 3.8) is 0 Å². The van der Waals surface area contributed by atoms with Crippen molar-refractivity contribution in [2.24, 2.45) is 0 Å². The Kier molecular flexibility index (Phi) is 4.11. The first-order valence-corrected chi connectivity index (χ1v) is 6.48. The molecule has 1 aromatic rings. The van der Waals surface area contributed by atoms with E-state index in [4.69, 9.17) is 4.74 Å². The van der Waals surface area contributed by atoms with Crippen LogP contribution in [0.25, 0.3) is 0 Å². The van der Waals surface area contributed by atoms with Gasteiger partial charge in [-0.25, -0.2) is 4.98 Å². The SMILES string of the molecule is C[C@@H](OC[C@@H]1CCCCN1)c1nccs1. The summed E-state index contributed by atoms with van der Waals surface area (Å²) in [7, 11) is 0. The minimum Gasteiger partial charge on any atom is -0.370 e. The van der Waals surface area contributed by atoms with Gasteiger partial charge in [-0.05, 0) is 26.3 Å². The molecule has 1 aliphatic rings. The Balaban J connectivity index is 1.73. The van der Waals surface area contributed by atoms with E-state index in [-0.39, 0.29) is 6.10 Å². The van der Waals surface area contributed by atoms with Crippen molar-refractivity contribution >= 4 is 11.3 Å². The van der Waals surface area contributed by atoms with Crippen molar-refractivity contribution < 1.29 is 4.74 Å². The summed E-state index contributed by atoms with van der Waals surface area (Å²) in [5, 5.41) is 6.55. The van der Waals surface area contributed by atoms with Gasteiger partial charge < -0.3 is 10.1 Å². The first kappa shape index (κ1) is 11.0. The third-order valence-electron chi connectivity index (χ3n) is 2.76. The normalized spacial score (nSPS) is 23.9. The van der Waals surface area contributed by atoms with Gasteiger partial charge in [-0.1, -0.05) is 6.42 Å². The maximum absolute atomic E-state index is 5.81. The Morgan fingerprint density at radius 3 is 3.27 bits per heavy atom. The van der Waals surface area contributed by atoms with Crippen LogP contribution in [0.1, 0.15) is 37.3 Å². The molecule has 0 spiro atoms. The number of nitrogens with zero attached hydrogens (tertiary/aromatic N) is 1. The number of rotatable bonds is 4. The minimum absolute atomic E-state index is 0.133. The summed E-state index contributed by atoms with van der Waals surface area (Å²) < 4.78 is 5.81. The smallest absolute Gasteiger partial charge is 0.121 e. The van der Waals surface area contributed by atoms with Gasteiger partial charge in [0, 0.05) is 17.6 Å². The second kappa shape index (κ2) is 5.58. The van der Waals surface area contributed by atoms with Crippen molar-refractivity contribution in [2.45, 2.75) is 38.3 Å². The number of aromatic nitrogens is 1. The molecule has 2 atom stereocenters. The molecule has 0 bridgehead atoms. The molecule has 2 heterocycles. The van der Waals surface area contributed by atoms with E-state index in [0.29, 0.717) is 6.04 Å². The molecule has 84 valence electrons. The van der Waals surface area contributed by atoms with E-state index in [2.05, 4.69) is 17.2 Å². The molecule has 0 aromatic carbocycles. The van der Waals surface area contributed by atoms with E-state index in [1.54, 1.807) is 11.3 Å². The highest BCUT2D eigenvalue weighted by Crippen LogP contribution is 2.19. The molecule has 1 aliphatic heterocycles. The van der Waals surface area contributed by atoms with Gasteiger partial charge in [0.2, 0.25) is 0 Å². The Bertz CT molecular complexity index is 270.